The molecule has 1 amide bonds. The maximum absolute atomic E-state index is 13.9. The Bertz CT molecular complexity index is 646. The first-order chi connectivity index (χ1) is 9.54. The predicted octanol–water partition coefficient (Wildman–Crippen LogP) is 3.73. The van der Waals surface area contributed by atoms with E-state index in [1.54, 1.807) is 30.3 Å². The normalized spacial score (nSPS) is 10.3. The van der Waals surface area contributed by atoms with Gasteiger partial charge in [-0.1, -0.05) is 23.7 Å². The molecule has 5 heteroatoms. The number of hydrogen-bond acceptors (Lipinski definition) is 2. The number of nitrogens with zero attached hydrogens (tertiary/aromatic N) is 1. The molecule has 0 spiro atoms. The minimum atomic E-state index is -0.707. The molecule has 0 aliphatic carbocycles. The van der Waals surface area contributed by atoms with Gasteiger partial charge in [0, 0.05) is 17.9 Å². The van der Waals surface area contributed by atoms with Crippen molar-refractivity contribution in [3.63, 3.8) is 0 Å². The summed E-state index contributed by atoms with van der Waals surface area (Å²) in [5, 5.41) is -0.0699. The zero-order chi connectivity index (χ0) is 14.7. The molecule has 0 radical (unpaired) electrons. The fourth-order valence-electron chi connectivity index (χ4n) is 1.95. The molecule has 3 nitrogen and oxygen atoms in total. The third-order valence-corrected chi connectivity index (χ3v) is 3.22. The number of carbonyl (C=O) groups is 1. The highest BCUT2D eigenvalue weighted by atomic mass is 35.5. The van der Waals surface area contributed by atoms with Crippen molar-refractivity contribution in [3.8, 4) is 0 Å². The zero-order valence-electron chi connectivity index (χ0n) is 10.9. The van der Waals surface area contributed by atoms with Gasteiger partial charge in [-0.25, -0.2) is 4.39 Å². The molecule has 0 saturated heterocycles. The Morgan fingerprint density at radius 1 is 1.30 bits per heavy atom. The van der Waals surface area contributed by atoms with Crippen molar-refractivity contribution in [2.75, 3.05) is 17.2 Å². The third kappa shape index (κ3) is 2.75. The molecule has 0 heterocycles. The number of nitrogens with two attached hydrogens (primary N) is 1. The van der Waals surface area contributed by atoms with Gasteiger partial charge in [0.05, 0.1) is 10.6 Å². The van der Waals surface area contributed by atoms with E-state index in [1.807, 2.05) is 6.92 Å². The van der Waals surface area contributed by atoms with Gasteiger partial charge in [0.25, 0.3) is 5.91 Å². The quantitative estimate of drug-likeness (QED) is 0.876. The zero-order valence-corrected chi connectivity index (χ0v) is 11.7. The van der Waals surface area contributed by atoms with E-state index in [-0.39, 0.29) is 10.6 Å². The molecular formula is C15H14ClFN2O. The Hall–Kier alpha value is -2.07. The lowest BCUT2D eigenvalue weighted by atomic mass is 10.1. The van der Waals surface area contributed by atoms with E-state index in [1.165, 1.54) is 17.0 Å². The molecule has 0 atom stereocenters. The van der Waals surface area contributed by atoms with Crippen molar-refractivity contribution in [2.24, 2.45) is 0 Å². The molecule has 0 aliphatic rings. The second-order valence-electron chi connectivity index (χ2n) is 4.25. The Morgan fingerprint density at radius 3 is 2.65 bits per heavy atom. The first-order valence-corrected chi connectivity index (χ1v) is 6.53. The Kier molecular flexibility index (Phi) is 4.25. The van der Waals surface area contributed by atoms with Crippen molar-refractivity contribution >= 4 is 28.9 Å². The van der Waals surface area contributed by atoms with Crippen LogP contribution in [0.25, 0.3) is 0 Å². The summed E-state index contributed by atoms with van der Waals surface area (Å²) in [6.45, 7) is 2.21. The van der Waals surface area contributed by atoms with Gasteiger partial charge in [0.2, 0.25) is 0 Å². The van der Waals surface area contributed by atoms with Gasteiger partial charge >= 0.3 is 0 Å². The molecule has 0 aliphatic heterocycles. The van der Waals surface area contributed by atoms with E-state index in [4.69, 9.17) is 17.3 Å². The first kappa shape index (κ1) is 14.3. The molecule has 20 heavy (non-hydrogen) atoms. The van der Waals surface area contributed by atoms with Crippen molar-refractivity contribution < 1.29 is 9.18 Å². The molecule has 0 unspecified atom stereocenters. The summed E-state index contributed by atoms with van der Waals surface area (Å²) in [6, 6.07) is 11.3. The average molecular weight is 293 g/mol. The molecule has 2 aromatic rings. The number of nitrogen functional groups attached to an aromatic ring is 1. The number of anilines is 2. The minimum absolute atomic E-state index is 0.0539. The van der Waals surface area contributed by atoms with Gasteiger partial charge in [-0.2, -0.15) is 0 Å². The average Bonchev–Trinajstić information content (AvgIpc) is 2.42. The van der Waals surface area contributed by atoms with E-state index in [9.17, 15) is 9.18 Å². The number of benzene rings is 2. The van der Waals surface area contributed by atoms with Crippen LogP contribution in [0.3, 0.4) is 0 Å². The monoisotopic (exact) mass is 292 g/mol. The number of rotatable bonds is 3. The smallest absolute Gasteiger partial charge is 0.261 e. The summed E-state index contributed by atoms with van der Waals surface area (Å²) in [5.74, 6) is -1.15. The summed E-state index contributed by atoms with van der Waals surface area (Å²) in [4.78, 5) is 13.9. The van der Waals surface area contributed by atoms with E-state index >= 15 is 0 Å². The molecular weight excluding hydrogens is 279 g/mol. The van der Waals surface area contributed by atoms with Crippen LogP contribution in [0.1, 0.15) is 17.3 Å². The number of carbonyl (C=O) groups excluding carboxylic acids is 1. The minimum Gasteiger partial charge on any atom is -0.399 e. The number of amides is 1. The molecule has 0 bridgehead atoms. The van der Waals surface area contributed by atoms with Crippen LogP contribution >= 0.6 is 11.6 Å². The highest BCUT2D eigenvalue weighted by molar-refractivity contribution is 6.31. The molecule has 2 N–H and O–H groups in total. The summed E-state index contributed by atoms with van der Waals surface area (Å²) < 4.78 is 13.9. The van der Waals surface area contributed by atoms with Crippen molar-refractivity contribution in [3.05, 3.63) is 58.9 Å². The van der Waals surface area contributed by atoms with Gasteiger partial charge < -0.3 is 10.6 Å². The lowest BCUT2D eigenvalue weighted by Crippen LogP contribution is -2.31. The van der Waals surface area contributed by atoms with Crippen LogP contribution in [0.15, 0.2) is 42.5 Å². The maximum Gasteiger partial charge on any atom is 0.261 e. The van der Waals surface area contributed by atoms with Gasteiger partial charge in [-0.05, 0) is 37.3 Å². The Morgan fingerprint density at radius 2 is 2.00 bits per heavy atom. The van der Waals surface area contributed by atoms with Crippen LogP contribution < -0.4 is 10.6 Å². The van der Waals surface area contributed by atoms with Crippen LogP contribution in [0.2, 0.25) is 5.02 Å². The molecule has 2 rings (SSSR count). The van der Waals surface area contributed by atoms with Gasteiger partial charge in [-0.3, -0.25) is 4.79 Å². The SMILES string of the molecule is CCN(C(=O)c1cccc(Cl)c1F)c1cccc(N)c1. The molecule has 0 fully saturated rings. The fourth-order valence-corrected chi connectivity index (χ4v) is 2.13. The van der Waals surface area contributed by atoms with Crippen LogP contribution in [0.4, 0.5) is 15.8 Å². The third-order valence-electron chi connectivity index (χ3n) is 2.93. The van der Waals surface area contributed by atoms with Gasteiger partial charge in [0.15, 0.2) is 5.82 Å². The summed E-state index contributed by atoms with van der Waals surface area (Å²) >= 11 is 5.71. The summed E-state index contributed by atoms with van der Waals surface area (Å²) in [6.07, 6.45) is 0. The van der Waals surface area contributed by atoms with Crippen molar-refractivity contribution in [1.82, 2.24) is 0 Å². The molecule has 2 aromatic carbocycles. The van der Waals surface area contributed by atoms with Crippen molar-refractivity contribution in [1.29, 1.82) is 0 Å². The maximum atomic E-state index is 13.9. The standard InChI is InChI=1S/C15H14ClFN2O/c1-2-19(11-6-3-5-10(18)9-11)15(20)12-7-4-8-13(16)14(12)17/h3-9H,2,18H2,1H3. The van der Waals surface area contributed by atoms with E-state index < -0.39 is 11.7 Å². The van der Waals surface area contributed by atoms with Crippen LogP contribution in [-0.4, -0.2) is 12.5 Å². The first-order valence-electron chi connectivity index (χ1n) is 6.16. The summed E-state index contributed by atoms with van der Waals surface area (Å²) in [5.41, 5.74) is 6.82. The second-order valence-corrected chi connectivity index (χ2v) is 4.65. The lowest BCUT2D eigenvalue weighted by molar-refractivity contribution is 0.0984. The molecule has 0 saturated carbocycles. The lowest BCUT2D eigenvalue weighted by Gasteiger charge is -2.21. The topological polar surface area (TPSA) is 46.3 Å². The highest BCUT2D eigenvalue weighted by Gasteiger charge is 2.20. The largest absolute Gasteiger partial charge is 0.399 e. The Labute approximate surface area is 121 Å². The molecule has 104 valence electrons. The fraction of sp³-hybridized carbons (Fsp3) is 0.133. The van der Waals surface area contributed by atoms with Crippen molar-refractivity contribution in [2.45, 2.75) is 6.92 Å². The van der Waals surface area contributed by atoms with Gasteiger partial charge in [0.1, 0.15) is 0 Å². The molecule has 0 aromatic heterocycles. The predicted molar refractivity (Wildman–Crippen MR) is 79.6 cm³/mol. The second kappa shape index (κ2) is 5.92. The van der Waals surface area contributed by atoms with E-state index in [0.717, 1.165) is 0 Å². The van der Waals surface area contributed by atoms with Crippen LogP contribution in [0.5, 0.6) is 0 Å². The number of halogens is 2. The Balaban J connectivity index is 2.42. The highest BCUT2D eigenvalue weighted by Crippen LogP contribution is 2.23. The van der Waals surface area contributed by atoms with Crippen LogP contribution in [0, 0.1) is 5.82 Å². The van der Waals surface area contributed by atoms with Gasteiger partial charge in [-0.15, -0.1) is 0 Å². The van der Waals surface area contributed by atoms with E-state index in [2.05, 4.69) is 0 Å². The van der Waals surface area contributed by atoms with Crippen LogP contribution in [-0.2, 0) is 0 Å². The summed E-state index contributed by atoms with van der Waals surface area (Å²) in [7, 11) is 0. The van der Waals surface area contributed by atoms with E-state index in [0.29, 0.717) is 17.9 Å². The number of hydrogen-bond donors (Lipinski definition) is 1.